The van der Waals surface area contributed by atoms with Crippen molar-refractivity contribution in [3.63, 3.8) is 0 Å². The Hall–Kier alpha value is -16.2. The van der Waals surface area contributed by atoms with Gasteiger partial charge in [-0.05, 0) is 132 Å². The zero-order valence-electron chi connectivity index (χ0n) is 55.6. The topological polar surface area (TPSA) is 178 Å². The number of hydrogen-bond donors (Lipinski definition) is 0. The molecule has 20 aromatic rings. The van der Waals surface area contributed by atoms with E-state index >= 15 is 0 Å². The van der Waals surface area contributed by atoms with Crippen molar-refractivity contribution in [1.29, 1.82) is 26.3 Å². The third-order valence-corrected chi connectivity index (χ3v) is 20.5. The van der Waals surface area contributed by atoms with Gasteiger partial charge >= 0.3 is 0 Å². The van der Waals surface area contributed by atoms with Crippen molar-refractivity contribution in [2.45, 2.75) is 0 Å². The number of hydrogen-bond acceptors (Lipinski definition) is 7. The minimum Gasteiger partial charge on any atom is -0.456 e. The number of rotatable bonds is 6. The van der Waals surface area contributed by atoms with E-state index in [1.807, 2.05) is 234 Å². The fourth-order valence-corrected chi connectivity index (χ4v) is 16.2. The standard InChI is InChI=1S/2C46H22N6O/c1-49-34-19-20-38(51-37-17-9-5-13-31(37)44-39(51)21-22-42-45(44)32-14-6-10-18-41(32)53-42)33(26-48)43(34)27-23-28(25-47)46(50-2)40(24-27)52-35-15-7-3-11-29(35)30-12-4-8-16-36(30)52;1-50-45-35(28-20-27(24-47)21-29(22-28)51-38-14-6-2-10-30(38)31-11-3-7-15-39(31)51)23-42(36(25-48)37(45)26-49)52-40-16-8-4-13-34(40)44-41(52)19-18-33-32-12-5-9-17-43(32)53-46(33)44/h3-24H;2-23H. The first-order valence-corrected chi connectivity index (χ1v) is 33.8. The first-order chi connectivity index (χ1) is 52.3. The molecule has 0 saturated carbocycles. The third kappa shape index (κ3) is 8.76. The maximum absolute atomic E-state index is 11.1. The number of nitrogens with zero attached hydrogens (tertiary/aromatic N) is 12. The number of benzene rings is 14. The van der Waals surface area contributed by atoms with Crippen LogP contribution in [0.1, 0.15) is 27.8 Å². The summed E-state index contributed by atoms with van der Waals surface area (Å²) in [7, 11) is 0. The van der Waals surface area contributed by atoms with Crippen LogP contribution in [-0.2, 0) is 0 Å². The van der Waals surface area contributed by atoms with Gasteiger partial charge in [0.05, 0.1) is 132 Å². The SMILES string of the molecule is [C-]#[N+]c1c(-c2cc(C#N)cc(-n3c4ccccc4c4ccccc43)c2)cc(-n2c3ccccc3c3c4oc5ccccc5c4ccc32)c(C#N)c1C#N.[C-]#[N+]c1ccc(-n2c3ccccc3c3c4c(ccc32)oc2ccccc24)c(C#N)c1-c1cc(C#N)c([N+]#[C-])c(-n2c3ccccc3c3ccccc32)c1. The minimum atomic E-state index is -0.0217. The van der Waals surface area contributed by atoms with Gasteiger partial charge < -0.3 is 27.1 Å². The predicted octanol–water partition coefficient (Wildman–Crippen LogP) is 23.9. The van der Waals surface area contributed by atoms with Crippen LogP contribution >= 0.6 is 0 Å². The first-order valence-electron chi connectivity index (χ1n) is 33.8. The van der Waals surface area contributed by atoms with Crippen molar-refractivity contribution < 1.29 is 8.83 Å². The first kappa shape index (κ1) is 60.9. The molecule has 0 aliphatic heterocycles. The minimum absolute atomic E-state index is 0.0217. The van der Waals surface area contributed by atoms with Gasteiger partial charge in [0.25, 0.3) is 0 Å². The molecule has 0 unspecified atom stereocenters. The fourth-order valence-electron chi connectivity index (χ4n) is 16.2. The Morgan fingerprint density at radius 1 is 0.302 bits per heavy atom. The van der Waals surface area contributed by atoms with Crippen LogP contribution in [0.2, 0.25) is 0 Å². The highest BCUT2D eigenvalue weighted by Crippen LogP contribution is 2.49. The summed E-state index contributed by atoms with van der Waals surface area (Å²) in [5.41, 5.74) is 15.8. The van der Waals surface area contributed by atoms with Gasteiger partial charge in [0.1, 0.15) is 34.5 Å². The van der Waals surface area contributed by atoms with E-state index < -0.39 is 0 Å². The summed E-state index contributed by atoms with van der Waals surface area (Å²) in [5.74, 6) is 0. The summed E-state index contributed by atoms with van der Waals surface area (Å²) in [6.45, 7) is 24.7. The van der Waals surface area contributed by atoms with Crippen LogP contribution in [0.5, 0.6) is 0 Å². The number of para-hydroxylation sites is 8. The molecule has 14 nitrogen and oxygen atoms in total. The second kappa shape index (κ2) is 23.7. The van der Waals surface area contributed by atoms with Gasteiger partial charge in [-0.15, -0.1) is 0 Å². The van der Waals surface area contributed by atoms with Crippen LogP contribution in [0.25, 0.3) is 191 Å². The van der Waals surface area contributed by atoms with Crippen LogP contribution in [-0.4, -0.2) is 18.3 Å². The lowest BCUT2D eigenvalue weighted by Gasteiger charge is -2.18. The molecule has 14 heteroatoms. The molecular weight excluding hydrogens is 1310 g/mol. The fraction of sp³-hybridized carbons (Fsp3) is 0. The van der Waals surface area contributed by atoms with Gasteiger partial charge in [-0.2, -0.15) is 26.3 Å². The van der Waals surface area contributed by atoms with Gasteiger partial charge in [-0.1, -0.05) is 152 Å². The van der Waals surface area contributed by atoms with E-state index in [9.17, 15) is 26.3 Å². The van der Waals surface area contributed by atoms with Gasteiger partial charge in [0.15, 0.2) is 5.69 Å². The Balaban J connectivity index is 0.000000145. The molecule has 14 aromatic carbocycles. The average Bonchev–Trinajstić information content (AvgIpc) is 1.55. The van der Waals surface area contributed by atoms with E-state index in [1.165, 1.54) is 0 Å². The molecule has 106 heavy (non-hydrogen) atoms. The Morgan fingerprint density at radius 3 is 1.38 bits per heavy atom. The highest BCUT2D eigenvalue weighted by atomic mass is 16.3. The van der Waals surface area contributed by atoms with Crippen molar-refractivity contribution in [3.8, 4) is 75.3 Å². The Bertz CT molecular complexity index is 7610. The Kier molecular flexibility index (Phi) is 13.6. The van der Waals surface area contributed by atoms with Crippen molar-refractivity contribution in [2.24, 2.45) is 0 Å². The van der Waals surface area contributed by atoms with Crippen molar-refractivity contribution >= 4 is 148 Å². The van der Waals surface area contributed by atoms with Crippen molar-refractivity contribution in [2.75, 3.05) is 0 Å². The Morgan fingerprint density at radius 2 is 0.802 bits per heavy atom. The van der Waals surface area contributed by atoms with E-state index in [4.69, 9.17) is 28.6 Å². The zero-order chi connectivity index (χ0) is 71.6. The molecule has 0 saturated heterocycles. The molecule has 0 spiro atoms. The molecule has 0 aliphatic rings. The summed E-state index contributed by atoms with van der Waals surface area (Å²) in [6.07, 6.45) is 0. The second-order valence-electron chi connectivity index (χ2n) is 25.8. The largest absolute Gasteiger partial charge is 0.456 e. The monoisotopic (exact) mass is 1350 g/mol. The number of furan rings is 2. The summed E-state index contributed by atoms with van der Waals surface area (Å²) in [6, 6.07) is 98.0. The van der Waals surface area contributed by atoms with Crippen molar-refractivity contribution in [3.05, 3.63) is 329 Å². The van der Waals surface area contributed by atoms with E-state index in [1.54, 1.807) is 18.2 Å². The number of fused-ring (bicyclic) bond motifs is 20. The molecule has 484 valence electrons. The molecule has 0 fully saturated rings. The molecule has 0 N–H and O–H groups in total. The highest BCUT2D eigenvalue weighted by Gasteiger charge is 2.29. The highest BCUT2D eigenvalue weighted by molar-refractivity contribution is 6.28. The quantitative estimate of drug-likeness (QED) is 0.149. The van der Waals surface area contributed by atoms with Crippen LogP contribution < -0.4 is 0 Å². The molecule has 6 aromatic heterocycles. The van der Waals surface area contributed by atoms with Crippen molar-refractivity contribution in [1.82, 2.24) is 18.3 Å². The summed E-state index contributed by atoms with van der Waals surface area (Å²) >= 11 is 0. The molecule has 0 radical (unpaired) electrons. The van der Waals surface area contributed by atoms with Gasteiger partial charge in [0.2, 0.25) is 11.4 Å². The van der Waals surface area contributed by atoms with Crippen LogP contribution in [0.4, 0.5) is 17.1 Å². The predicted molar refractivity (Wildman–Crippen MR) is 418 cm³/mol. The normalized spacial score (nSPS) is 11.3. The molecule has 0 atom stereocenters. The molecular formula is C92H44N12O2. The van der Waals surface area contributed by atoms with E-state index in [-0.39, 0.29) is 39.3 Å². The second-order valence-corrected chi connectivity index (χ2v) is 25.8. The maximum atomic E-state index is 11.1. The number of nitriles is 5. The third-order valence-electron chi connectivity index (χ3n) is 20.5. The lowest BCUT2D eigenvalue weighted by atomic mass is 9.94. The molecule has 20 rings (SSSR count). The smallest absolute Gasteiger partial charge is 0.227 e. The van der Waals surface area contributed by atoms with Crippen LogP contribution in [0, 0.1) is 76.4 Å². The summed E-state index contributed by atoms with van der Waals surface area (Å²) < 4.78 is 20.9. The maximum Gasteiger partial charge on any atom is 0.227 e. The lowest BCUT2D eigenvalue weighted by Crippen LogP contribution is -2.02. The van der Waals surface area contributed by atoms with Crippen LogP contribution in [0.3, 0.4) is 0 Å². The molecule has 6 heterocycles. The molecule has 0 aliphatic carbocycles. The Labute approximate surface area is 602 Å². The van der Waals surface area contributed by atoms with Gasteiger partial charge in [0, 0.05) is 70.5 Å². The van der Waals surface area contributed by atoms with E-state index in [0.29, 0.717) is 44.9 Å². The van der Waals surface area contributed by atoms with Crippen LogP contribution in [0.15, 0.2) is 276 Å². The summed E-state index contributed by atoms with van der Waals surface area (Å²) in [4.78, 5) is 11.6. The molecule has 0 bridgehead atoms. The van der Waals surface area contributed by atoms with E-state index in [0.717, 1.165) is 137 Å². The van der Waals surface area contributed by atoms with Gasteiger partial charge in [-0.25, -0.2) is 14.5 Å². The lowest BCUT2D eigenvalue weighted by molar-refractivity contribution is 0.669. The average molecular weight is 1350 g/mol. The molecule has 0 amide bonds. The summed E-state index contributed by atoms with van der Waals surface area (Å²) in [5, 5.41) is 65.1. The number of aromatic nitrogens is 4. The van der Waals surface area contributed by atoms with E-state index in [2.05, 4.69) is 78.3 Å². The zero-order valence-corrected chi connectivity index (χ0v) is 55.6. The van der Waals surface area contributed by atoms with Gasteiger partial charge in [-0.3, -0.25) is 0 Å².